The molecule has 1 aliphatic rings. The minimum atomic E-state index is 0.158. The molecule has 3 aromatic rings. The molecule has 1 aliphatic heterocycles. The second-order valence-electron chi connectivity index (χ2n) is 5.37. The third kappa shape index (κ3) is 2.47. The Balaban J connectivity index is 1.83. The molecular weight excluding hydrogens is 324 g/mol. The Bertz CT molecular complexity index is 938. The fourth-order valence-corrected chi connectivity index (χ4v) is 2.75. The topological polar surface area (TPSA) is 93.7 Å². The molecule has 1 aromatic heterocycles. The van der Waals surface area contributed by atoms with Crippen molar-refractivity contribution in [2.24, 2.45) is 0 Å². The molecule has 0 spiro atoms. The molecule has 0 saturated heterocycles. The molecule has 2 N–H and O–H groups in total. The van der Waals surface area contributed by atoms with Gasteiger partial charge in [0.25, 0.3) is 0 Å². The Labute approximate surface area is 143 Å². The highest BCUT2D eigenvalue weighted by Gasteiger charge is 2.22. The minimum absolute atomic E-state index is 0.158. The van der Waals surface area contributed by atoms with Crippen LogP contribution in [0.25, 0.3) is 16.9 Å². The number of nitrogens with two attached hydrogens (primary N) is 1. The molecule has 0 atom stereocenters. The van der Waals surface area contributed by atoms with Crippen molar-refractivity contribution in [2.75, 3.05) is 26.7 Å². The van der Waals surface area contributed by atoms with Crippen molar-refractivity contribution in [1.29, 1.82) is 0 Å². The Morgan fingerprint density at radius 1 is 1.12 bits per heavy atom. The molecule has 128 valence electrons. The van der Waals surface area contributed by atoms with Crippen LogP contribution in [0.3, 0.4) is 0 Å². The summed E-state index contributed by atoms with van der Waals surface area (Å²) in [5.74, 6) is 2.43. The molecule has 0 radical (unpaired) electrons. The maximum absolute atomic E-state index is 6.16. The average Bonchev–Trinajstić information content (AvgIpc) is 3.29. The van der Waals surface area contributed by atoms with Crippen LogP contribution in [0.15, 0.2) is 36.5 Å². The monoisotopic (exact) mass is 340 g/mol. The second-order valence-corrected chi connectivity index (χ2v) is 5.37. The van der Waals surface area contributed by atoms with Crippen LogP contribution in [0.1, 0.15) is 0 Å². The number of rotatable bonds is 4. The fourth-order valence-electron chi connectivity index (χ4n) is 2.75. The van der Waals surface area contributed by atoms with Gasteiger partial charge in [0.15, 0.2) is 11.5 Å². The van der Waals surface area contributed by atoms with E-state index >= 15 is 0 Å². The number of anilines is 1. The van der Waals surface area contributed by atoms with Gasteiger partial charge in [-0.05, 0) is 12.1 Å². The van der Waals surface area contributed by atoms with Crippen LogP contribution in [0.2, 0.25) is 0 Å². The first-order chi connectivity index (χ1) is 12.2. The predicted octanol–water partition coefficient (Wildman–Crippen LogP) is 2.26. The summed E-state index contributed by atoms with van der Waals surface area (Å²) >= 11 is 0. The van der Waals surface area contributed by atoms with E-state index in [4.69, 9.17) is 24.7 Å². The average molecular weight is 340 g/mol. The number of benzene rings is 2. The van der Waals surface area contributed by atoms with E-state index < -0.39 is 0 Å². The normalized spacial score (nSPS) is 12.2. The van der Waals surface area contributed by atoms with E-state index in [1.807, 2.05) is 24.3 Å². The van der Waals surface area contributed by atoms with Gasteiger partial charge in [-0.3, -0.25) is 0 Å². The van der Waals surface area contributed by atoms with Crippen LogP contribution < -0.4 is 24.7 Å². The molecule has 8 nitrogen and oxygen atoms in total. The zero-order chi connectivity index (χ0) is 17.4. The minimum Gasteiger partial charge on any atom is -0.497 e. The molecule has 0 unspecified atom stereocenters. The molecule has 0 bridgehead atoms. The maximum atomic E-state index is 6.16. The highest BCUT2D eigenvalue weighted by Crippen LogP contribution is 2.43. The summed E-state index contributed by atoms with van der Waals surface area (Å²) in [6, 6.07) is 9.10. The van der Waals surface area contributed by atoms with Crippen LogP contribution in [-0.4, -0.2) is 36.0 Å². The SMILES string of the molecule is COc1ccc(-c2cnnn2-c2cc(OC)c3c(c2)OCO3)c(N)c1. The molecule has 2 aromatic carbocycles. The fraction of sp³-hybridized carbons (Fsp3) is 0.176. The lowest BCUT2D eigenvalue weighted by atomic mass is 10.1. The lowest BCUT2D eigenvalue weighted by Gasteiger charge is -2.12. The zero-order valence-corrected chi connectivity index (χ0v) is 13.7. The standard InChI is InChI=1S/C17H16N4O4/c1-22-11-3-4-12(13(18)7-11)14-8-19-20-21(14)10-5-15(23-2)17-16(6-10)24-9-25-17/h3-8H,9,18H2,1-2H3. The number of aromatic nitrogens is 3. The molecule has 25 heavy (non-hydrogen) atoms. The van der Waals surface area contributed by atoms with Gasteiger partial charge in [-0.2, -0.15) is 0 Å². The molecular formula is C17H16N4O4. The van der Waals surface area contributed by atoms with Gasteiger partial charge >= 0.3 is 0 Å². The van der Waals surface area contributed by atoms with Gasteiger partial charge in [0.2, 0.25) is 12.5 Å². The van der Waals surface area contributed by atoms with E-state index in [0.29, 0.717) is 28.7 Å². The Hall–Kier alpha value is -3.42. The molecule has 0 aliphatic carbocycles. The zero-order valence-electron chi connectivity index (χ0n) is 13.7. The van der Waals surface area contributed by atoms with Crippen molar-refractivity contribution in [3.8, 4) is 39.9 Å². The number of methoxy groups -OCH3 is 2. The van der Waals surface area contributed by atoms with Crippen molar-refractivity contribution in [3.05, 3.63) is 36.5 Å². The van der Waals surface area contributed by atoms with Crippen molar-refractivity contribution in [1.82, 2.24) is 15.0 Å². The lowest BCUT2D eigenvalue weighted by Crippen LogP contribution is -2.02. The molecule has 2 heterocycles. The number of fused-ring (bicyclic) bond motifs is 1. The van der Waals surface area contributed by atoms with E-state index in [9.17, 15) is 0 Å². The van der Waals surface area contributed by atoms with Gasteiger partial charge in [0.1, 0.15) is 5.75 Å². The van der Waals surface area contributed by atoms with Crippen LogP contribution in [0.4, 0.5) is 5.69 Å². The van der Waals surface area contributed by atoms with Gasteiger partial charge in [0, 0.05) is 29.4 Å². The second kappa shape index (κ2) is 5.90. The number of ether oxygens (including phenoxy) is 4. The van der Waals surface area contributed by atoms with E-state index in [1.54, 1.807) is 31.2 Å². The Kier molecular flexibility index (Phi) is 3.57. The highest BCUT2D eigenvalue weighted by molar-refractivity contribution is 5.76. The molecule has 0 amide bonds. The number of hydrogen-bond donors (Lipinski definition) is 1. The molecule has 0 saturated carbocycles. The van der Waals surface area contributed by atoms with Crippen molar-refractivity contribution in [3.63, 3.8) is 0 Å². The van der Waals surface area contributed by atoms with E-state index in [0.717, 1.165) is 16.9 Å². The quantitative estimate of drug-likeness (QED) is 0.728. The van der Waals surface area contributed by atoms with E-state index in [-0.39, 0.29) is 6.79 Å². The first-order valence-electron chi connectivity index (χ1n) is 7.54. The Morgan fingerprint density at radius 2 is 2.00 bits per heavy atom. The summed E-state index contributed by atoms with van der Waals surface area (Å²) in [6.07, 6.45) is 1.65. The molecule has 0 fully saturated rings. The number of nitrogen functional groups attached to an aromatic ring is 1. The largest absolute Gasteiger partial charge is 0.497 e. The summed E-state index contributed by atoms with van der Waals surface area (Å²) in [5.41, 5.74) is 8.99. The Morgan fingerprint density at radius 3 is 2.76 bits per heavy atom. The summed E-state index contributed by atoms with van der Waals surface area (Å²) in [6.45, 7) is 0.158. The summed E-state index contributed by atoms with van der Waals surface area (Å²) < 4.78 is 23.2. The van der Waals surface area contributed by atoms with Crippen LogP contribution in [0.5, 0.6) is 23.0 Å². The van der Waals surface area contributed by atoms with Gasteiger partial charge in [-0.15, -0.1) is 5.10 Å². The van der Waals surface area contributed by atoms with Crippen molar-refractivity contribution >= 4 is 5.69 Å². The van der Waals surface area contributed by atoms with Gasteiger partial charge in [-0.25, -0.2) is 4.68 Å². The van der Waals surface area contributed by atoms with Crippen LogP contribution >= 0.6 is 0 Å². The first-order valence-corrected chi connectivity index (χ1v) is 7.54. The van der Waals surface area contributed by atoms with Crippen LogP contribution in [-0.2, 0) is 0 Å². The van der Waals surface area contributed by atoms with Gasteiger partial charge in [-0.1, -0.05) is 5.21 Å². The first kappa shape index (κ1) is 15.1. The molecule has 8 heteroatoms. The number of nitrogens with zero attached hydrogens (tertiary/aromatic N) is 3. The highest BCUT2D eigenvalue weighted by atomic mass is 16.7. The maximum Gasteiger partial charge on any atom is 0.231 e. The summed E-state index contributed by atoms with van der Waals surface area (Å²) in [7, 11) is 3.17. The lowest BCUT2D eigenvalue weighted by molar-refractivity contribution is 0.171. The van der Waals surface area contributed by atoms with E-state index in [2.05, 4.69) is 10.3 Å². The van der Waals surface area contributed by atoms with Gasteiger partial charge in [0.05, 0.1) is 31.8 Å². The molecule has 4 rings (SSSR count). The van der Waals surface area contributed by atoms with E-state index in [1.165, 1.54) is 0 Å². The van der Waals surface area contributed by atoms with Crippen molar-refractivity contribution < 1.29 is 18.9 Å². The van der Waals surface area contributed by atoms with Gasteiger partial charge < -0.3 is 24.7 Å². The summed E-state index contributed by atoms with van der Waals surface area (Å²) in [5, 5.41) is 8.20. The number of hydrogen-bond acceptors (Lipinski definition) is 7. The van der Waals surface area contributed by atoms with Crippen molar-refractivity contribution in [2.45, 2.75) is 0 Å². The third-order valence-corrected chi connectivity index (χ3v) is 3.97. The predicted molar refractivity (Wildman–Crippen MR) is 90.4 cm³/mol. The summed E-state index contributed by atoms with van der Waals surface area (Å²) in [4.78, 5) is 0. The third-order valence-electron chi connectivity index (χ3n) is 3.97. The smallest absolute Gasteiger partial charge is 0.231 e. The van der Waals surface area contributed by atoms with Crippen LogP contribution in [0, 0.1) is 0 Å².